The minimum absolute atomic E-state index is 0.352. The number of para-hydroxylation sites is 1. The second kappa shape index (κ2) is 7.09. The van der Waals surface area contributed by atoms with E-state index in [1.165, 1.54) is 25.3 Å². The largest absolute Gasteiger partial charge is 0.369 e. The van der Waals surface area contributed by atoms with Crippen LogP contribution in [0.2, 0.25) is 0 Å². The number of nitrogens with zero attached hydrogens (tertiary/aromatic N) is 2. The Kier molecular flexibility index (Phi) is 5.44. The molecule has 1 saturated heterocycles. The Balaban J connectivity index is 1.79. The van der Waals surface area contributed by atoms with Gasteiger partial charge in [-0.1, -0.05) is 39.0 Å². The highest BCUT2D eigenvalue weighted by molar-refractivity contribution is 5.46. The lowest BCUT2D eigenvalue weighted by atomic mass is 9.92. The van der Waals surface area contributed by atoms with E-state index in [1.54, 1.807) is 0 Å². The summed E-state index contributed by atoms with van der Waals surface area (Å²) in [5.74, 6) is 0. The molecule has 3 heteroatoms. The normalized spacial score (nSPS) is 17.4. The van der Waals surface area contributed by atoms with Crippen LogP contribution >= 0.6 is 0 Å². The molecule has 0 atom stereocenters. The van der Waals surface area contributed by atoms with Crippen molar-refractivity contribution < 1.29 is 0 Å². The van der Waals surface area contributed by atoms with Gasteiger partial charge < -0.3 is 10.2 Å². The fraction of sp³-hybridized carbons (Fsp3) is 0.647. The third-order valence-electron chi connectivity index (χ3n) is 4.00. The molecule has 1 aliphatic rings. The first-order chi connectivity index (χ1) is 9.61. The minimum atomic E-state index is 0.352. The maximum absolute atomic E-state index is 3.48. The first kappa shape index (κ1) is 15.3. The van der Waals surface area contributed by atoms with Crippen LogP contribution in [0.3, 0.4) is 0 Å². The van der Waals surface area contributed by atoms with Crippen LogP contribution in [0.25, 0.3) is 0 Å². The van der Waals surface area contributed by atoms with Crippen LogP contribution in [-0.2, 0) is 0 Å². The van der Waals surface area contributed by atoms with Gasteiger partial charge >= 0.3 is 0 Å². The summed E-state index contributed by atoms with van der Waals surface area (Å²) in [7, 11) is 0. The SMILES string of the molecule is CCNCC(C)(C)CN1CCN(c2ccccc2)CC1. The zero-order valence-corrected chi connectivity index (χ0v) is 13.2. The van der Waals surface area contributed by atoms with Gasteiger partial charge in [-0.3, -0.25) is 4.90 Å². The van der Waals surface area contributed by atoms with E-state index in [1.807, 2.05) is 0 Å². The molecule has 1 aliphatic heterocycles. The molecular weight excluding hydrogens is 246 g/mol. The zero-order chi connectivity index (χ0) is 14.4. The molecule has 0 spiro atoms. The molecule has 2 rings (SSSR count). The number of anilines is 1. The highest BCUT2D eigenvalue weighted by Crippen LogP contribution is 2.19. The van der Waals surface area contributed by atoms with E-state index in [-0.39, 0.29) is 0 Å². The lowest BCUT2D eigenvalue weighted by Crippen LogP contribution is -2.50. The first-order valence-corrected chi connectivity index (χ1v) is 7.84. The number of hydrogen-bond acceptors (Lipinski definition) is 3. The average Bonchev–Trinajstić information content (AvgIpc) is 2.46. The fourth-order valence-electron chi connectivity index (χ4n) is 2.93. The van der Waals surface area contributed by atoms with Gasteiger partial charge in [0.15, 0.2) is 0 Å². The summed E-state index contributed by atoms with van der Waals surface area (Å²) in [6, 6.07) is 10.8. The van der Waals surface area contributed by atoms with E-state index in [4.69, 9.17) is 0 Å². The molecule has 1 heterocycles. The van der Waals surface area contributed by atoms with E-state index < -0.39 is 0 Å². The molecule has 0 saturated carbocycles. The standard InChI is InChI=1S/C17H29N3/c1-4-18-14-17(2,3)15-19-10-12-20(13-11-19)16-8-6-5-7-9-16/h5-9,18H,4,10-15H2,1-3H3. The molecule has 1 fully saturated rings. The third-order valence-corrected chi connectivity index (χ3v) is 4.00. The Hall–Kier alpha value is -1.06. The van der Waals surface area contributed by atoms with Crippen molar-refractivity contribution in [3.05, 3.63) is 30.3 Å². The number of piperazine rings is 1. The molecule has 0 aliphatic carbocycles. The molecule has 112 valence electrons. The molecule has 1 N–H and O–H groups in total. The Morgan fingerprint density at radius 2 is 1.70 bits per heavy atom. The summed E-state index contributed by atoms with van der Waals surface area (Å²) in [6.07, 6.45) is 0. The molecule has 1 aromatic rings. The van der Waals surface area contributed by atoms with Crippen molar-refractivity contribution in [2.75, 3.05) is 50.7 Å². The maximum atomic E-state index is 3.48. The van der Waals surface area contributed by atoms with Crippen molar-refractivity contribution in [3.63, 3.8) is 0 Å². The van der Waals surface area contributed by atoms with Gasteiger partial charge in [-0.2, -0.15) is 0 Å². The molecular formula is C17H29N3. The predicted molar refractivity (Wildman–Crippen MR) is 87.4 cm³/mol. The summed E-state index contributed by atoms with van der Waals surface area (Å²) in [5.41, 5.74) is 1.71. The third kappa shape index (κ3) is 4.50. The second-order valence-corrected chi connectivity index (χ2v) is 6.54. The number of rotatable bonds is 6. The number of benzene rings is 1. The molecule has 0 radical (unpaired) electrons. The van der Waals surface area contributed by atoms with E-state index >= 15 is 0 Å². The van der Waals surface area contributed by atoms with Crippen molar-refractivity contribution in [2.24, 2.45) is 5.41 Å². The van der Waals surface area contributed by atoms with Crippen LogP contribution in [-0.4, -0.2) is 50.7 Å². The van der Waals surface area contributed by atoms with Crippen LogP contribution in [0.1, 0.15) is 20.8 Å². The highest BCUT2D eigenvalue weighted by atomic mass is 15.3. The molecule has 0 bridgehead atoms. The van der Waals surface area contributed by atoms with Crippen LogP contribution in [0.4, 0.5) is 5.69 Å². The van der Waals surface area contributed by atoms with Crippen molar-refractivity contribution in [1.82, 2.24) is 10.2 Å². The smallest absolute Gasteiger partial charge is 0.0367 e. The van der Waals surface area contributed by atoms with Gasteiger partial charge in [0.05, 0.1) is 0 Å². The Morgan fingerprint density at radius 1 is 1.05 bits per heavy atom. The van der Waals surface area contributed by atoms with E-state index in [2.05, 4.69) is 66.2 Å². The van der Waals surface area contributed by atoms with Gasteiger partial charge in [-0.15, -0.1) is 0 Å². The van der Waals surface area contributed by atoms with Gasteiger partial charge in [0.1, 0.15) is 0 Å². The molecule has 0 unspecified atom stereocenters. The summed E-state index contributed by atoms with van der Waals surface area (Å²) < 4.78 is 0. The Labute approximate surface area is 124 Å². The topological polar surface area (TPSA) is 18.5 Å². The van der Waals surface area contributed by atoms with Crippen molar-refractivity contribution in [2.45, 2.75) is 20.8 Å². The summed E-state index contributed by atoms with van der Waals surface area (Å²) in [4.78, 5) is 5.10. The molecule has 3 nitrogen and oxygen atoms in total. The number of hydrogen-bond donors (Lipinski definition) is 1. The molecule has 1 aromatic carbocycles. The van der Waals surface area contributed by atoms with E-state index in [0.717, 1.165) is 26.2 Å². The summed E-state index contributed by atoms with van der Waals surface area (Å²) in [6.45, 7) is 14.9. The summed E-state index contributed by atoms with van der Waals surface area (Å²) in [5, 5.41) is 3.48. The van der Waals surface area contributed by atoms with Crippen LogP contribution < -0.4 is 10.2 Å². The van der Waals surface area contributed by atoms with Gasteiger partial charge in [0.25, 0.3) is 0 Å². The van der Waals surface area contributed by atoms with Crippen molar-refractivity contribution >= 4 is 5.69 Å². The minimum Gasteiger partial charge on any atom is -0.369 e. The lowest BCUT2D eigenvalue weighted by Gasteiger charge is -2.40. The summed E-state index contributed by atoms with van der Waals surface area (Å²) >= 11 is 0. The Morgan fingerprint density at radius 3 is 2.30 bits per heavy atom. The zero-order valence-electron chi connectivity index (χ0n) is 13.2. The van der Waals surface area contributed by atoms with E-state index in [0.29, 0.717) is 5.41 Å². The van der Waals surface area contributed by atoms with Gasteiger partial charge in [0, 0.05) is 45.0 Å². The van der Waals surface area contributed by atoms with Crippen LogP contribution in [0.15, 0.2) is 30.3 Å². The monoisotopic (exact) mass is 275 g/mol. The van der Waals surface area contributed by atoms with Crippen LogP contribution in [0, 0.1) is 5.41 Å². The molecule has 20 heavy (non-hydrogen) atoms. The van der Waals surface area contributed by atoms with Gasteiger partial charge in [0.2, 0.25) is 0 Å². The predicted octanol–water partition coefficient (Wildman–Crippen LogP) is 2.44. The number of nitrogens with one attached hydrogen (secondary N) is 1. The van der Waals surface area contributed by atoms with Crippen molar-refractivity contribution in [3.8, 4) is 0 Å². The fourth-order valence-corrected chi connectivity index (χ4v) is 2.93. The van der Waals surface area contributed by atoms with E-state index in [9.17, 15) is 0 Å². The average molecular weight is 275 g/mol. The molecule has 0 aromatic heterocycles. The Bertz CT molecular complexity index is 380. The first-order valence-electron chi connectivity index (χ1n) is 7.84. The van der Waals surface area contributed by atoms with Gasteiger partial charge in [-0.25, -0.2) is 0 Å². The lowest BCUT2D eigenvalue weighted by molar-refractivity contribution is 0.167. The van der Waals surface area contributed by atoms with Crippen LogP contribution in [0.5, 0.6) is 0 Å². The molecule has 0 amide bonds. The van der Waals surface area contributed by atoms with Gasteiger partial charge in [-0.05, 0) is 24.1 Å². The second-order valence-electron chi connectivity index (χ2n) is 6.54. The maximum Gasteiger partial charge on any atom is 0.0367 e. The highest BCUT2D eigenvalue weighted by Gasteiger charge is 2.24. The quantitative estimate of drug-likeness (QED) is 0.860. The van der Waals surface area contributed by atoms with Crippen molar-refractivity contribution in [1.29, 1.82) is 0 Å².